The van der Waals surface area contributed by atoms with Gasteiger partial charge in [-0.1, -0.05) is 17.7 Å². The summed E-state index contributed by atoms with van der Waals surface area (Å²) in [7, 11) is -3.18. The average molecular weight is 349 g/mol. The molecule has 6 nitrogen and oxygen atoms in total. The number of nitrogens with one attached hydrogen (secondary N) is 2. The van der Waals surface area contributed by atoms with Gasteiger partial charge in [0.25, 0.3) is 0 Å². The molecule has 1 saturated heterocycles. The topological polar surface area (TPSA) is 92.3 Å². The summed E-state index contributed by atoms with van der Waals surface area (Å²) in [4.78, 5) is 23.4. The zero-order valence-electron chi connectivity index (χ0n) is 11.4. The smallest absolute Gasteiger partial charge is 0.242 e. The van der Waals surface area contributed by atoms with E-state index in [1.54, 1.807) is 0 Å². The van der Waals surface area contributed by atoms with E-state index in [-0.39, 0.29) is 34.9 Å². The first-order valence-electron chi connectivity index (χ1n) is 6.50. The van der Waals surface area contributed by atoms with Gasteiger partial charge in [-0.25, -0.2) is 12.8 Å². The number of halogens is 2. The Morgan fingerprint density at radius 3 is 2.64 bits per heavy atom. The van der Waals surface area contributed by atoms with Gasteiger partial charge in [0.05, 0.1) is 23.8 Å². The van der Waals surface area contributed by atoms with Crippen LogP contribution in [0.15, 0.2) is 18.2 Å². The third-order valence-electron chi connectivity index (χ3n) is 3.33. The summed E-state index contributed by atoms with van der Waals surface area (Å²) in [6, 6.07) is 4.05. The Kier molecular flexibility index (Phi) is 5.02. The highest BCUT2D eigenvalue weighted by molar-refractivity contribution is 7.91. The molecule has 1 aliphatic heterocycles. The lowest BCUT2D eigenvalue weighted by Crippen LogP contribution is -2.45. The van der Waals surface area contributed by atoms with Crippen molar-refractivity contribution < 1.29 is 22.4 Å². The first-order chi connectivity index (χ1) is 10.3. The summed E-state index contributed by atoms with van der Waals surface area (Å²) < 4.78 is 36.1. The molecule has 0 spiro atoms. The molecule has 0 radical (unpaired) electrons. The van der Waals surface area contributed by atoms with E-state index in [2.05, 4.69) is 10.9 Å². The van der Waals surface area contributed by atoms with Crippen LogP contribution in [0.4, 0.5) is 4.39 Å². The molecule has 0 aromatic heterocycles. The van der Waals surface area contributed by atoms with Crippen molar-refractivity contribution in [3.63, 3.8) is 0 Å². The van der Waals surface area contributed by atoms with Crippen molar-refractivity contribution in [1.82, 2.24) is 10.9 Å². The molecule has 1 fully saturated rings. The fourth-order valence-electron chi connectivity index (χ4n) is 2.14. The quantitative estimate of drug-likeness (QED) is 0.782. The van der Waals surface area contributed by atoms with E-state index < -0.39 is 33.4 Å². The summed E-state index contributed by atoms with van der Waals surface area (Å²) in [5.41, 5.74) is 4.31. The molecular weight excluding hydrogens is 335 g/mol. The maximum atomic E-state index is 13.5. The van der Waals surface area contributed by atoms with Crippen molar-refractivity contribution in [2.45, 2.75) is 12.8 Å². The first-order valence-corrected chi connectivity index (χ1v) is 8.70. The van der Waals surface area contributed by atoms with Gasteiger partial charge < -0.3 is 0 Å². The third kappa shape index (κ3) is 4.17. The SMILES string of the molecule is O=C(Cc1c(F)cccc1Cl)NNC(=O)[C@@H]1CCS(=O)(=O)C1. The van der Waals surface area contributed by atoms with Gasteiger partial charge in [-0.15, -0.1) is 0 Å². The Bertz CT molecular complexity index is 688. The Hall–Kier alpha value is -1.67. The summed E-state index contributed by atoms with van der Waals surface area (Å²) in [5, 5.41) is 0.114. The molecule has 2 rings (SSSR count). The number of carbonyl (C=O) groups excluding carboxylic acids is 2. The molecule has 1 heterocycles. The Morgan fingerprint density at radius 1 is 1.32 bits per heavy atom. The van der Waals surface area contributed by atoms with Gasteiger partial charge in [-0.2, -0.15) is 0 Å². The highest BCUT2D eigenvalue weighted by atomic mass is 35.5. The van der Waals surface area contributed by atoms with Crippen LogP contribution in [-0.2, 0) is 25.8 Å². The van der Waals surface area contributed by atoms with Crippen LogP contribution in [0.25, 0.3) is 0 Å². The van der Waals surface area contributed by atoms with E-state index in [1.165, 1.54) is 18.2 Å². The van der Waals surface area contributed by atoms with Crippen molar-refractivity contribution in [2.75, 3.05) is 11.5 Å². The van der Waals surface area contributed by atoms with Gasteiger partial charge in [-0.05, 0) is 18.6 Å². The van der Waals surface area contributed by atoms with Crippen molar-refractivity contribution in [2.24, 2.45) is 5.92 Å². The summed E-state index contributed by atoms with van der Waals surface area (Å²) in [6.07, 6.45) is -0.113. The largest absolute Gasteiger partial charge is 0.273 e. The molecule has 9 heteroatoms. The number of sulfone groups is 1. The maximum Gasteiger partial charge on any atom is 0.242 e. The van der Waals surface area contributed by atoms with Gasteiger partial charge in [0.2, 0.25) is 11.8 Å². The second-order valence-corrected chi connectivity index (χ2v) is 7.65. The summed E-state index contributed by atoms with van der Waals surface area (Å²) >= 11 is 5.80. The van der Waals surface area contributed by atoms with Gasteiger partial charge in [0.1, 0.15) is 5.82 Å². The molecule has 1 aliphatic rings. The molecule has 1 aromatic rings. The Labute approximate surface area is 131 Å². The molecule has 0 aliphatic carbocycles. The summed E-state index contributed by atoms with van der Waals surface area (Å²) in [6.45, 7) is 0. The minimum Gasteiger partial charge on any atom is -0.273 e. The molecule has 2 N–H and O–H groups in total. The predicted molar refractivity (Wildman–Crippen MR) is 78.2 cm³/mol. The summed E-state index contributed by atoms with van der Waals surface area (Å²) in [5.74, 6) is -2.79. The van der Waals surface area contributed by atoms with Gasteiger partial charge >= 0.3 is 0 Å². The zero-order valence-corrected chi connectivity index (χ0v) is 13.0. The molecule has 120 valence electrons. The number of hydrogen-bond donors (Lipinski definition) is 2. The van der Waals surface area contributed by atoms with Crippen LogP contribution >= 0.6 is 11.6 Å². The van der Waals surface area contributed by atoms with Crippen LogP contribution in [0.5, 0.6) is 0 Å². The van der Waals surface area contributed by atoms with Crippen molar-refractivity contribution in [3.8, 4) is 0 Å². The van der Waals surface area contributed by atoms with Crippen LogP contribution < -0.4 is 10.9 Å². The second-order valence-electron chi connectivity index (χ2n) is 5.01. The molecule has 0 unspecified atom stereocenters. The first kappa shape index (κ1) is 16.7. The van der Waals surface area contributed by atoms with Crippen molar-refractivity contribution >= 4 is 33.3 Å². The monoisotopic (exact) mass is 348 g/mol. The number of hydrogen-bond acceptors (Lipinski definition) is 4. The van der Waals surface area contributed by atoms with Gasteiger partial charge in [0.15, 0.2) is 9.84 Å². The lowest BCUT2D eigenvalue weighted by Gasteiger charge is -2.11. The highest BCUT2D eigenvalue weighted by Gasteiger charge is 2.33. The highest BCUT2D eigenvalue weighted by Crippen LogP contribution is 2.19. The zero-order chi connectivity index (χ0) is 16.3. The Balaban J connectivity index is 1.87. The lowest BCUT2D eigenvalue weighted by atomic mass is 10.1. The fourth-order valence-corrected chi connectivity index (χ4v) is 4.11. The van der Waals surface area contributed by atoms with Crippen molar-refractivity contribution in [1.29, 1.82) is 0 Å². The van der Waals surface area contributed by atoms with Crippen LogP contribution in [0, 0.1) is 11.7 Å². The molecule has 0 bridgehead atoms. The number of carbonyl (C=O) groups is 2. The second kappa shape index (κ2) is 6.62. The van der Waals surface area contributed by atoms with Crippen LogP contribution in [-0.4, -0.2) is 31.7 Å². The predicted octanol–water partition coefficient (Wildman–Crippen LogP) is 0.604. The number of amides is 2. The van der Waals surface area contributed by atoms with Crippen LogP contribution in [0.1, 0.15) is 12.0 Å². The standard InChI is InChI=1S/C13H14ClFN2O4S/c14-10-2-1-3-11(15)9(10)6-12(18)16-17-13(19)8-4-5-22(20,21)7-8/h1-3,8H,4-7H2,(H,16,18)(H,17,19)/t8-/m1/s1. The van der Waals surface area contributed by atoms with Crippen LogP contribution in [0.2, 0.25) is 5.02 Å². The van der Waals surface area contributed by atoms with Crippen molar-refractivity contribution in [3.05, 3.63) is 34.6 Å². The molecule has 2 amide bonds. The van der Waals surface area contributed by atoms with E-state index in [4.69, 9.17) is 11.6 Å². The minimum absolute atomic E-state index is 0.0272. The van der Waals surface area contributed by atoms with E-state index in [9.17, 15) is 22.4 Å². The number of hydrazine groups is 1. The van der Waals surface area contributed by atoms with E-state index in [0.29, 0.717) is 0 Å². The van der Waals surface area contributed by atoms with Gasteiger partial charge in [0, 0.05) is 10.6 Å². The lowest BCUT2D eigenvalue weighted by molar-refractivity contribution is -0.130. The maximum absolute atomic E-state index is 13.5. The van der Waals surface area contributed by atoms with E-state index in [0.717, 1.165) is 0 Å². The Morgan fingerprint density at radius 2 is 2.05 bits per heavy atom. The average Bonchev–Trinajstić information content (AvgIpc) is 2.81. The third-order valence-corrected chi connectivity index (χ3v) is 5.45. The number of rotatable bonds is 3. The van der Waals surface area contributed by atoms with E-state index >= 15 is 0 Å². The minimum atomic E-state index is -3.18. The van der Waals surface area contributed by atoms with Crippen LogP contribution in [0.3, 0.4) is 0 Å². The number of benzene rings is 1. The molecule has 22 heavy (non-hydrogen) atoms. The van der Waals surface area contributed by atoms with Gasteiger partial charge in [-0.3, -0.25) is 20.4 Å². The molecule has 0 saturated carbocycles. The normalized spacial score (nSPS) is 19.6. The molecular formula is C13H14ClFN2O4S. The fraction of sp³-hybridized carbons (Fsp3) is 0.385. The molecule has 1 atom stereocenters. The van der Waals surface area contributed by atoms with E-state index in [1.807, 2.05) is 0 Å². The molecule has 1 aromatic carbocycles.